The van der Waals surface area contributed by atoms with Gasteiger partial charge < -0.3 is 6.42 Å². The van der Waals surface area contributed by atoms with Crippen molar-refractivity contribution in [2.45, 2.75) is 27.2 Å². The van der Waals surface area contributed by atoms with Crippen molar-refractivity contribution in [3.8, 4) is 0 Å². The Morgan fingerprint density at radius 1 is 1.43 bits per heavy atom. The van der Waals surface area contributed by atoms with Crippen LogP contribution in [0.15, 0.2) is 0 Å². The third kappa shape index (κ3) is 10.8. The van der Waals surface area contributed by atoms with E-state index >= 15 is 0 Å². The minimum Gasteiger partial charge on any atom is -0.331 e. The Hall–Kier alpha value is 0.688. The molecule has 0 rings (SSSR count). The van der Waals surface area contributed by atoms with Crippen LogP contribution in [0.3, 0.4) is 0 Å². The number of rotatable bonds is 2. The van der Waals surface area contributed by atoms with Crippen LogP contribution in [0.2, 0.25) is 0 Å². The summed E-state index contributed by atoms with van der Waals surface area (Å²) in [5.41, 5.74) is 0. The van der Waals surface area contributed by atoms with E-state index in [1.807, 2.05) is 0 Å². The average Bonchev–Trinajstić information content (AvgIpc) is 1.35. The second-order valence-corrected chi connectivity index (χ2v) is 2.04. The molecule has 0 saturated heterocycles. The van der Waals surface area contributed by atoms with Crippen molar-refractivity contribution in [1.82, 2.24) is 0 Å². The Kier molecular flexibility index (Phi) is 10.2. The standard InChI is InChI=1S/C6H13.Pt/c1-4-5-6(2)3;/h4,6H,5H2,1-3H3;/q-1;. The van der Waals surface area contributed by atoms with Gasteiger partial charge in [-0.2, -0.15) is 13.3 Å². The Morgan fingerprint density at radius 2 is 1.86 bits per heavy atom. The SMILES string of the molecule is C[CH-]CC(C)C.[Pt]. The van der Waals surface area contributed by atoms with Crippen LogP contribution in [0.5, 0.6) is 0 Å². The van der Waals surface area contributed by atoms with Crippen LogP contribution < -0.4 is 0 Å². The minimum atomic E-state index is 0. The van der Waals surface area contributed by atoms with E-state index in [0.29, 0.717) is 0 Å². The molecule has 0 amide bonds. The first-order chi connectivity index (χ1) is 2.77. The molecule has 0 spiro atoms. The summed E-state index contributed by atoms with van der Waals surface area (Å²) in [5, 5.41) is 0. The fourth-order valence-corrected chi connectivity index (χ4v) is 0.471. The van der Waals surface area contributed by atoms with Crippen molar-refractivity contribution in [3.63, 3.8) is 0 Å². The molecule has 0 aromatic carbocycles. The molecule has 0 saturated carbocycles. The zero-order valence-corrected chi connectivity index (χ0v) is 7.45. The normalized spacial score (nSPS) is 8.57. The molecule has 0 aliphatic rings. The molecule has 0 aromatic rings. The quantitative estimate of drug-likeness (QED) is 0.681. The van der Waals surface area contributed by atoms with Gasteiger partial charge in [0.2, 0.25) is 0 Å². The van der Waals surface area contributed by atoms with Gasteiger partial charge in [-0.25, -0.2) is 0 Å². The van der Waals surface area contributed by atoms with E-state index in [2.05, 4.69) is 27.2 Å². The van der Waals surface area contributed by atoms with Gasteiger partial charge in [-0.1, -0.05) is 19.8 Å². The molecule has 0 aliphatic heterocycles. The summed E-state index contributed by atoms with van der Waals surface area (Å²) in [6.07, 6.45) is 3.45. The maximum Gasteiger partial charge on any atom is 0 e. The smallest absolute Gasteiger partial charge is 0 e. The molecular formula is C6H13Pt-. The minimum absolute atomic E-state index is 0. The first-order valence-corrected chi connectivity index (χ1v) is 2.55. The van der Waals surface area contributed by atoms with E-state index in [-0.39, 0.29) is 21.1 Å². The van der Waals surface area contributed by atoms with Gasteiger partial charge in [0, 0.05) is 21.1 Å². The molecule has 0 radical (unpaired) electrons. The van der Waals surface area contributed by atoms with Crippen LogP contribution in [-0.2, 0) is 21.1 Å². The maximum absolute atomic E-state index is 2.22. The molecule has 0 nitrogen and oxygen atoms in total. The first-order valence-electron chi connectivity index (χ1n) is 2.55. The Morgan fingerprint density at radius 3 is 1.86 bits per heavy atom. The largest absolute Gasteiger partial charge is 0.331 e. The second kappa shape index (κ2) is 6.69. The van der Waals surface area contributed by atoms with Crippen LogP contribution in [-0.4, -0.2) is 0 Å². The van der Waals surface area contributed by atoms with Crippen molar-refractivity contribution in [3.05, 3.63) is 6.42 Å². The van der Waals surface area contributed by atoms with Gasteiger partial charge in [0.15, 0.2) is 0 Å². The molecule has 0 heterocycles. The molecular weight excluding hydrogens is 267 g/mol. The van der Waals surface area contributed by atoms with Crippen LogP contribution >= 0.6 is 0 Å². The molecule has 0 unspecified atom stereocenters. The van der Waals surface area contributed by atoms with Gasteiger partial charge in [-0.3, -0.25) is 0 Å². The van der Waals surface area contributed by atoms with E-state index in [9.17, 15) is 0 Å². The molecule has 0 aliphatic carbocycles. The van der Waals surface area contributed by atoms with E-state index in [1.54, 1.807) is 0 Å². The van der Waals surface area contributed by atoms with Crippen LogP contribution in [0.1, 0.15) is 27.2 Å². The van der Waals surface area contributed by atoms with Crippen molar-refractivity contribution >= 4 is 0 Å². The van der Waals surface area contributed by atoms with E-state index in [1.165, 1.54) is 6.42 Å². The molecule has 0 bridgehead atoms. The Balaban J connectivity index is 0. The number of hydrogen-bond donors (Lipinski definition) is 0. The summed E-state index contributed by atoms with van der Waals surface area (Å²) < 4.78 is 0. The second-order valence-electron chi connectivity index (χ2n) is 2.04. The summed E-state index contributed by atoms with van der Waals surface area (Å²) in [6.45, 7) is 6.54. The Bertz CT molecular complexity index is 25.4. The zero-order valence-electron chi connectivity index (χ0n) is 5.18. The summed E-state index contributed by atoms with van der Waals surface area (Å²) in [4.78, 5) is 0. The van der Waals surface area contributed by atoms with E-state index in [0.717, 1.165) is 5.92 Å². The summed E-state index contributed by atoms with van der Waals surface area (Å²) in [6, 6.07) is 0. The van der Waals surface area contributed by atoms with E-state index in [4.69, 9.17) is 0 Å². The molecule has 0 N–H and O–H groups in total. The Labute approximate surface area is 61.0 Å². The fraction of sp³-hybridized carbons (Fsp3) is 0.833. The van der Waals surface area contributed by atoms with Crippen LogP contribution in [0, 0.1) is 12.3 Å². The van der Waals surface area contributed by atoms with Gasteiger partial charge in [0.1, 0.15) is 0 Å². The van der Waals surface area contributed by atoms with Gasteiger partial charge in [-0.05, 0) is 0 Å². The molecule has 1 heteroatoms. The molecule has 0 fully saturated rings. The molecule has 7 heavy (non-hydrogen) atoms. The molecule has 48 valence electrons. The predicted molar refractivity (Wildman–Crippen MR) is 29.4 cm³/mol. The molecule has 0 aromatic heterocycles. The van der Waals surface area contributed by atoms with Gasteiger partial charge in [0.05, 0.1) is 0 Å². The van der Waals surface area contributed by atoms with Crippen molar-refractivity contribution in [1.29, 1.82) is 0 Å². The van der Waals surface area contributed by atoms with Crippen molar-refractivity contribution < 1.29 is 21.1 Å². The zero-order chi connectivity index (χ0) is 4.99. The van der Waals surface area contributed by atoms with Gasteiger partial charge in [0.25, 0.3) is 0 Å². The first kappa shape index (κ1) is 10.6. The summed E-state index contributed by atoms with van der Waals surface area (Å²) >= 11 is 0. The van der Waals surface area contributed by atoms with Gasteiger partial charge in [-0.15, -0.1) is 0 Å². The summed E-state index contributed by atoms with van der Waals surface area (Å²) in [7, 11) is 0. The summed E-state index contributed by atoms with van der Waals surface area (Å²) in [5.74, 6) is 0.843. The maximum atomic E-state index is 2.22. The van der Waals surface area contributed by atoms with Crippen molar-refractivity contribution in [2.75, 3.05) is 0 Å². The topological polar surface area (TPSA) is 0 Å². The average molecular weight is 280 g/mol. The third-order valence-electron chi connectivity index (χ3n) is 0.707. The monoisotopic (exact) mass is 280 g/mol. The van der Waals surface area contributed by atoms with Crippen molar-refractivity contribution in [2.24, 2.45) is 5.92 Å². The predicted octanol–water partition coefficient (Wildman–Crippen LogP) is 2.25. The molecule has 0 atom stereocenters. The van der Waals surface area contributed by atoms with Gasteiger partial charge >= 0.3 is 0 Å². The number of hydrogen-bond acceptors (Lipinski definition) is 0. The van der Waals surface area contributed by atoms with E-state index < -0.39 is 0 Å². The van der Waals surface area contributed by atoms with Crippen LogP contribution in [0.4, 0.5) is 0 Å². The fourth-order valence-electron chi connectivity index (χ4n) is 0.471. The third-order valence-corrected chi connectivity index (χ3v) is 0.707. The van der Waals surface area contributed by atoms with Crippen LogP contribution in [0.25, 0.3) is 0 Å².